The van der Waals surface area contributed by atoms with Crippen LogP contribution in [-0.2, 0) is 4.74 Å². The minimum Gasteiger partial charge on any atom is -0.378 e. The van der Waals surface area contributed by atoms with Gasteiger partial charge in [0.25, 0.3) is 0 Å². The molecule has 1 fully saturated rings. The van der Waals surface area contributed by atoms with Crippen LogP contribution >= 0.6 is 15.9 Å². The molecule has 0 unspecified atom stereocenters. The monoisotopic (exact) mass is 343 g/mol. The lowest BCUT2D eigenvalue weighted by molar-refractivity contribution is 0.0639. The minimum atomic E-state index is 0.0953. The summed E-state index contributed by atoms with van der Waals surface area (Å²) in [5, 5.41) is 17.7. The molecule has 1 aromatic carbocycles. The molecular weight excluding hydrogens is 330 g/mol. The smallest absolute Gasteiger partial charge is 0.129 e. The number of rotatable bonds is 3. The van der Waals surface area contributed by atoms with Gasteiger partial charge in [0.1, 0.15) is 17.7 Å². The summed E-state index contributed by atoms with van der Waals surface area (Å²) in [6, 6.07) is 11.7. The normalized spacial score (nSPS) is 15.0. The van der Waals surface area contributed by atoms with Crippen LogP contribution in [0.15, 0.2) is 46.5 Å². The number of hydrogen-bond acceptors (Lipinski definition) is 4. The van der Waals surface area contributed by atoms with Crippen molar-refractivity contribution in [1.82, 2.24) is 4.90 Å². The van der Waals surface area contributed by atoms with Crippen LogP contribution in [0.25, 0.3) is 5.70 Å². The third-order valence-corrected chi connectivity index (χ3v) is 3.67. The second kappa shape index (κ2) is 7.64. The molecular formula is C16H14BrN3O. The van der Waals surface area contributed by atoms with Crippen LogP contribution in [0.2, 0.25) is 0 Å². The van der Waals surface area contributed by atoms with Gasteiger partial charge in [-0.25, -0.2) is 0 Å². The van der Waals surface area contributed by atoms with Crippen LogP contribution in [0.4, 0.5) is 0 Å². The molecule has 0 saturated carbocycles. The zero-order valence-corrected chi connectivity index (χ0v) is 13.0. The SMILES string of the molecule is N#CC(C#N)=C/C=C(/c1ccc(Br)cc1)N1CCOCC1. The van der Waals surface area contributed by atoms with Gasteiger partial charge in [0.15, 0.2) is 0 Å². The van der Waals surface area contributed by atoms with Gasteiger partial charge in [-0.05, 0) is 29.8 Å². The minimum absolute atomic E-state index is 0.0953. The molecule has 0 spiro atoms. The molecule has 1 aliphatic heterocycles. The summed E-state index contributed by atoms with van der Waals surface area (Å²) in [6.07, 6.45) is 3.39. The van der Waals surface area contributed by atoms with Gasteiger partial charge in [-0.2, -0.15) is 10.5 Å². The maximum absolute atomic E-state index is 8.85. The van der Waals surface area contributed by atoms with E-state index in [0.29, 0.717) is 13.2 Å². The third kappa shape index (κ3) is 4.19. The Bertz CT molecular complexity index is 613. The molecule has 106 valence electrons. The van der Waals surface area contributed by atoms with E-state index in [1.807, 2.05) is 42.5 Å². The van der Waals surface area contributed by atoms with Crippen LogP contribution in [0.1, 0.15) is 5.56 Å². The Balaban J connectivity index is 2.37. The molecule has 0 atom stereocenters. The van der Waals surface area contributed by atoms with E-state index in [2.05, 4.69) is 20.8 Å². The number of benzene rings is 1. The van der Waals surface area contributed by atoms with E-state index in [-0.39, 0.29) is 5.57 Å². The largest absolute Gasteiger partial charge is 0.378 e. The number of hydrogen-bond donors (Lipinski definition) is 0. The zero-order valence-electron chi connectivity index (χ0n) is 11.4. The second-order valence-electron chi connectivity index (χ2n) is 4.46. The van der Waals surface area contributed by atoms with Gasteiger partial charge >= 0.3 is 0 Å². The van der Waals surface area contributed by atoms with Crippen molar-refractivity contribution in [3.8, 4) is 12.1 Å². The molecule has 0 amide bonds. The van der Waals surface area contributed by atoms with Gasteiger partial charge in [-0.15, -0.1) is 0 Å². The lowest BCUT2D eigenvalue weighted by atomic mass is 10.1. The average Bonchev–Trinajstić information content (AvgIpc) is 2.54. The van der Waals surface area contributed by atoms with Gasteiger partial charge < -0.3 is 9.64 Å². The van der Waals surface area contributed by atoms with Crippen molar-refractivity contribution in [1.29, 1.82) is 10.5 Å². The standard InChI is InChI=1S/C16H14BrN3O/c17-15-4-2-14(3-5-15)16(6-1-13(11-18)12-19)20-7-9-21-10-8-20/h1-6H,7-10H2/b16-6-. The van der Waals surface area contributed by atoms with Crippen molar-refractivity contribution in [3.63, 3.8) is 0 Å². The predicted molar refractivity (Wildman–Crippen MR) is 83.8 cm³/mol. The molecule has 4 nitrogen and oxygen atoms in total. The van der Waals surface area contributed by atoms with Crippen LogP contribution in [0.3, 0.4) is 0 Å². The topological polar surface area (TPSA) is 60.0 Å². The van der Waals surface area contributed by atoms with E-state index < -0.39 is 0 Å². The van der Waals surface area contributed by atoms with E-state index in [1.54, 1.807) is 6.08 Å². The van der Waals surface area contributed by atoms with Gasteiger partial charge in [-0.1, -0.05) is 28.1 Å². The summed E-state index contributed by atoms with van der Waals surface area (Å²) >= 11 is 3.42. The Morgan fingerprint density at radius 2 is 1.71 bits per heavy atom. The first-order valence-electron chi connectivity index (χ1n) is 6.55. The summed E-state index contributed by atoms with van der Waals surface area (Å²) in [6.45, 7) is 2.95. The van der Waals surface area contributed by atoms with Crippen molar-refractivity contribution in [3.05, 3.63) is 52.0 Å². The first kappa shape index (κ1) is 15.3. The number of nitriles is 2. The molecule has 1 heterocycles. The van der Waals surface area contributed by atoms with Crippen LogP contribution in [0.5, 0.6) is 0 Å². The van der Waals surface area contributed by atoms with Crippen LogP contribution in [0, 0.1) is 22.7 Å². The molecule has 21 heavy (non-hydrogen) atoms. The number of morpholine rings is 1. The van der Waals surface area contributed by atoms with Crippen molar-refractivity contribution in [2.45, 2.75) is 0 Å². The van der Waals surface area contributed by atoms with Crippen LogP contribution in [-0.4, -0.2) is 31.2 Å². The lowest BCUT2D eigenvalue weighted by Crippen LogP contribution is -2.34. The van der Waals surface area contributed by atoms with Gasteiger partial charge in [0, 0.05) is 23.3 Å². The van der Waals surface area contributed by atoms with Gasteiger partial charge in [-0.3, -0.25) is 0 Å². The first-order valence-corrected chi connectivity index (χ1v) is 7.34. The fourth-order valence-corrected chi connectivity index (χ4v) is 2.34. The summed E-state index contributed by atoms with van der Waals surface area (Å²) in [4.78, 5) is 2.20. The highest BCUT2D eigenvalue weighted by Gasteiger charge is 2.14. The van der Waals surface area contributed by atoms with Crippen LogP contribution < -0.4 is 0 Å². The number of nitrogens with zero attached hydrogens (tertiary/aromatic N) is 3. The Labute approximate surface area is 132 Å². The van der Waals surface area contributed by atoms with E-state index in [1.165, 1.54) is 0 Å². The summed E-state index contributed by atoms with van der Waals surface area (Å²) < 4.78 is 6.39. The molecule has 1 aromatic rings. The fourth-order valence-electron chi connectivity index (χ4n) is 2.07. The predicted octanol–water partition coefficient (Wildman–Crippen LogP) is 3.10. The average molecular weight is 344 g/mol. The Morgan fingerprint density at radius 3 is 2.29 bits per heavy atom. The molecule has 0 aliphatic carbocycles. The van der Waals surface area contributed by atoms with Gasteiger partial charge in [0.2, 0.25) is 0 Å². The van der Waals surface area contributed by atoms with E-state index in [9.17, 15) is 0 Å². The molecule has 0 bridgehead atoms. The van der Waals surface area contributed by atoms with E-state index in [4.69, 9.17) is 15.3 Å². The number of allylic oxidation sites excluding steroid dienone is 3. The summed E-state index contributed by atoms with van der Waals surface area (Å²) in [5.74, 6) is 0. The van der Waals surface area contributed by atoms with E-state index >= 15 is 0 Å². The molecule has 0 aromatic heterocycles. The van der Waals surface area contributed by atoms with Crippen molar-refractivity contribution < 1.29 is 4.74 Å². The molecule has 1 aliphatic rings. The zero-order chi connectivity index (χ0) is 15.1. The van der Waals surface area contributed by atoms with E-state index in [0.717, 1.165) is 28.8 Å². The number of halogens is 1. The Hall–Kier alpha value is -2.08. The lowest BCUT2D eigenvalue weighted by Gasteiger charge is -2.31. The highest BCUT2D eigenvalue weighted by molar-refractivity contribution is 9.10. The van der Waals surface area contributed by atoms with Gasteiger partial charge in [0.05, 0.1) is 13.2 Å². The fraction of sp³-hybridized carbons (Fsp3) is 0.250. The maximum atomic E-state index is 8.85. The molecule has 2 rings (SSSR count). The highest BCUT2D eigenvalue weighted by atomic mass is 79.9. The van der Waals surface area contributed by atoms with Crippen molar-refractivity contribution in [2.24, 2.45) is 0 Å². The molecule has 0 N–H and O–H groups in total. The summed E-state index contributed by atoms with van der Waals surface area (Å²) in [5.41, 5.74) is 2.14. The van der Waals surface area contributed by atoms with Crippen molar-refractivity contribution >= 4 is 21.6 Å². The highest BCUT2D eigenvalue weighted by Crippen LogP contribution is 2.23. The summed E-state index contributed by atoms with van der Waals surface area (Å²) in [7, 11) is 0. The first-order chi connectivity index (χ1) is 10.2. The molecule has 1 saturated heterocycles. The Kier molecular flexibility index (Phi) is 5.57. The molecule has 0 radical (unpaired) electrons. The molecule has 5 heteroatoms. The third-order valence-electron chi connectivity index (χ3n) is 3.14. The maximum Gasteiger partial charge on any atom is 0.129 e. The van der Waals surface area contributed by atoms with Crippen molar-refractivity contribution in [2.75, 3.05) is 26.3 Å². The number of ether oxygens (including phenoxy) is 1. The Morgan fingerprint density at radius 1 is 1.10 bits per heavy atom. The quantitative estimate of drug-likeness (QED) is 0.625. The second-order valence-corrected chi connectivity index (χ2v) is 5.38.